The fraction of sp³-hybridized carbons (Fsp3) is 0.273. The first-order valence-electron chi connectivity index (χ1n) is 9.29. The van der Waals surface area contributed by atoms with Gasteiger partial charge in [-0.1, -0.05) is 36.4 Å². The van der Waals surface area contributed by atoms with Crippen LogP contribution in [0, 0.1) is 17.2 Å². The van der Waals surface area contributed by atoms with Gasteiger partial charge in [-0.2, -0.15) is 5.26 Å². The third-order valence-corrected chi connectivity index (χ3v) is 4.69. The smallest absolute Gasteiger partial charge is 0.312 e. The second kappa shape index (κ2) is 9.02. The molecule has 1 aliphatic heterocycles. The van der Waals surface area contributed by atoms with Gasteiger partial charge >= 0.3 is 5.97 Å². The Labute approximate surface area is 168 Å². The Morgan fingerprint density at radius 2 is 2.00 bits per heavy atom. The molecule has 0 unspecified atom stereocenters. The van der Waals surface area contributed by atoms with E-state index in [1.54, 1.807) is 23.1 Å². The summed E-state index contributed by atoms with van der Waals surface area (Å²) in [7, 11) is 0. The van der Waals surface area contributed by atoms with E-state index >= 15 is 0 Å². The molecule has 3 rings (SSSR count). The summed E-state index contributed by atoms with van der Waals surface area (Å²) in [5.41, 5.74) is 1.85. The Morgan fingerprint density at radius 1 is 1.24 bits per heavy atom. The molecule has 1 saturated heterocycles. The van der Waals surface area contributed by atoms with Crippen LogP contribution in [0.25, 0.3) is 0 Å². The number of benzene rings is 2. The third-order valence-electron chi connectivity index (χ3n) is 4.69. The van der Waals surface area contributed by atoms with E-state index in [0.29, 0.717) is 17.8 Å². The number of likely N-dealkylation sites (tertiary alicyclic amines) is 1. The molecule has 1 N–H and O–H groups in total. The van der Waals surface area contributed by atoms with E-state index in [4.69, 9.17) is 10.00 Å². The summed E-state index contributed by atoms with van der Waals surface area (Å²) < 4.78 is 5.28. The Morgan fingerprint density at radius 3 is 2.72 bits per heavy atom. The highest BCUT2D eigenvalue weighted by molar-refractivity contribution is 5.95. The highest BCUT2D eigenvalue weighted by Gasteiger charge is 2.36. The van der Waals surface area contributed by atoms with Gasteiger partial charge in [-0.05, 0) is 30.7 Å². The average molecular weight is 391 g/mol. The van der Waals surface area contributed by atoms with Crippen LogP contribution in [0.2, 0.25) is 0 Å². The zero-order valence-electron chi connectivity index (χ0n) is 16.0. The van der Waals surface area contributed by atoms with Crippen molar-refractivity contribution in [1.82, 2.24) is 4.90 Å². The molecule has 7 nitrogen and oxygen atoms in total. The summed E-state index contributed by atoms with van der Waals surface area (Å²) in [6, 6.07) is 18.0. The summed E-state index contributed by atoms with van der Waals surface area (Å²) >= 11 is 0. The number of ether oxygens (including phenoxy) is 1. The highest BCUT2D eigenvalue weighted by Crippen LogP contribution is 2.22. The Bertz CT molecular complexity index is 952. The second-order valence-corrected chi connectivity index (χ2v) is 6.92. The molecule has 0 aromatic heterocycles. The van der Waals surface area contributed by atoms with Crippen LogP contribution < -0.4 is 5.32 Å². The third kappa shape index (κ3) is 5.20. The van der Waals surface area contributed by atoms with Crippen molar-refractivity contribution in [3.05, 3.63) is 65.7 Å². The summed E-state index contributed by atoms with van der Waals surface area (Å²) in [5, 5.41) is 11.5. The van der Waals surface area contributed by atoms with Crippen molar-refractivity contribution in [3.8, 4) is 6.07 Å². The minimum Gasteiger partial charge on any atom is -0.452 e. The van der Waals surface area contributed by atoms with Crippen LogP contribution in [-0.4, -0.2) is 35.3 Å². The number of rotatable bonds is 6. The van der Waals surface area contributed by atoms with Crippen molar-refractivity contribution in [3.63, 3.8) is 0 Å². The standard InChI is InChI=1S/C22H21N3O4/c1-15(21(27)24-19-9-5-8-17(10-19)12-23)29-22(28)18-11-20(26)25(14-18)13-16-6-3-2-4-7-16/h2-10,15,18H,11,13-14H2,1H3,(H,24,27)/t15-,18-/m0/s1. The van der Waals surface area contributed by atoms with E-state index in [-0.39, 0.29) is 18.9 Å². The molecule has 2 aromatic carbocycles. The molecule has 0 spiro atoms. The van der Waals surface area contributed by atoms with Crippen LogP contribution in [0.4, 0.5) is 5.69 Å². The van der Waals surface area contributed by atoms with Crippen LogP contribution in [0.3, 0.4) is 0 Å². The summed E-state index contributed by atoms with van der Waals surface area (Å²) in [5.74, 6) is -1.77. The Balaban J connectivity index is 1.53. The predicted molar refractivity (Wildman–Crippen MR) is 105 cm³/mol. The molecule has 2 aromatic rings. The number of esters is 1. The van der Waals surface area contributed by atoms with Crippen molar-refractivity contribution in [2.75, 3.05) is 11.9 Å². The van der Waals surface area contributed by atoms with E-state index < -0.39 is 23.9 Å². The lowest BCUT2D eigenvalue weighted by Gasteiger charge is -2.18. The lowest BCUT2D eigenvalue weighted by Crippen LogP contribution is -2.33. The van der Waals surface area contributed by atoms with E-state index in [1.165, 1.54) is 13.0 Å². The van der Waals surface area contributed by atoms with Gasteiger partial charge in [0.2, 0.25) is 5.91 Å². The van der Waals surface area contributed by atoms with Crippen molar-refractivity contribution < 1.29 is 19.1 Å². The topological polar surface area (TPSA) is 99.5 Å². The summed E-state index contributed by atoms with van der Waals surface area (Å²) in [6.45, 7) is 2.18. The van der Waals surface area contributed by atoms with Crippen molar-refractivity contribution >= 4 is 23.5 Å². The van der Waals surface area contributed by atoms with E-state index in [0.717, 1.165) is 5.56 Å². The largest absolute Gasteiger partial charge is 0.452 e. The quantitative estimate of drug-likeness (QED) is 0.763. The first kappa shape index (κ1) is 20.1. The molecule has 1 aliphatic rings. The van der Waals surface area contributed by atoms with Gasteiger partial charge in [0.05, 0.1) is 17.6 Å². The molecule has 1 heterocycles. The minimum atomic E-state index is -1.02. The number of amides is 2. The van der Waals surface area contributed by atoms with Crippen LogP contribution in [-0.2, 0) is 25.7 Å². The van der Waals surface area contributed by atoms with Gasteiger partial charge in [0, 0.05) is 25.2 Å². The first-order chi connectivity index (χ1) is 14.0. The normalized spacial score (nSPS) is 16.8. The average Bonchev–Trinajstić information content (AvgIpc) is 3.09. The SMILES string of the molecule is C[C@H](OC(=O)[C@H]1CC(=O)N(Cc2ccccc2)C1)C(=O)Nc1cccc(C#N)c1. The summed E-state index contributed by atoms with van der Waals surface area (Å²) in [4.78, 5) is 38.6. The number of carbonyl (C=O) groups excluding carboxylic acids is 3. The highest BCUT2D eigenvalue weighted by atomic mass is 16.5. The fourth-order valence-corrected chi connectivity index (χ4v) is 3.12. The molecule has 2 atom stereocenters. The number of anilines is 1. The van der Waals surface area contributed by atoms with Crippen LogP contribution in [0.1, 0.15) is 24.5 Å². The van der Waals surface area contributed by atoms with Gasteiger partial charge < -0.3 is 15.0 Å². The first-order valence-corrected chi connectivity index (χ1v) is 9.29. The minimum absolute atomic E-state index is 0.0736. The molecule has 0 aliphatic carbocycles. The number of hydrogen-bond acceptors (Lipinski definition) is 5. The maximum Gasteiger partial charge on any atom is 0.312 e. The summed E-state index contributed by atoms with van der Waals surface area (Å²) in [6.07, 6.45) is -0.948. The van der Waals surface area contributed by atoms with Crippen molar-refractivity contribution in [2.45, 2.75) is 26.0 Å². The number of hydrogen-bond donors (Lipinski definition) is 1. The van der Waals surface area contributed by atoms with Gasteiger partial charge in [0.1, 0.15) is 0 Å². The van der Waals surface area contributed by atoms with Gasteiger partial charge in [-0.25, -0.2) is 0 Å². The van der Waals surface area contributed by atoms with Gasteiger partial charge in [0.25, 0.3) is 5.91 Å². The van der Waals surface area contributed by atoms with Gasteiger partial charge in [-0.3, -0.25) is 14.4 Å². The molecule has 0 saturated carbocycles. The number of nitriles is 1. The van der Waals surface area contributed by atoms with Gasteiger partial charge in [0.15, 0.2) is 6.10 Å². The van der Waals surface area contributed by atoms with Crippen LogP contribution >= 0.6 is 0 Å². The molecule has 0 bridgehead atoms. The Kier molecular flexibility index (Phi) is 6.25. The number of carbonyl (C=O) groups is 3. The Hall–Kier alpha value is -3.66. The molecule has 0 radical (unpaired) electrons. The molecule has 7 heteroatoms. The molecule has 2 amide bonds. The van der Waals surface area contributed by atoms with E-state index in [2.05, 4.69) is 5.32 Å². The van der Waals surface area contributed by atoms with E-state index in [1.807, 2.05) is 36.4 Å². The monoisotopic (exact) mass is 391 g/mol. The maximum atomic E-state index is 12.4. The lowest BCUT2D eigenvalue weighted by atomic mass is 10.1. The molecular formula is C22H21N3O4. The molecule has 148 valence electrons. The zero-order valence-corrected chi connectivity index (χ0v) is 16.0. The van der Waals surface area contributed by atoms with Crippen LogP contribution in [0.5, 0.6) is 0 Å². The van der Waals surface area contributed by atoms with Crippen LogP contribution in [0.15, 0.2) is 54.6 Å². The molecular weight excluding hydrogens is 370 g/mol. The number of nitrogens with one attached hydrogen (secondary N) is 1. The molecule has 29 heavy (non-hydrogen) atoms. The fourth-order valence-electron chi connectivity index (χ4n) is 3.12. The van der Waals surface area contributed by atoms with Gasteiger partial charge in [-0.15, -0.1) is 0 Å². The second-order valence-electron chi connectivity index (χ2n) is 6.92. The zero-order chi connectivity index (χ0) is 20.8. The van der Waals surface area contributed by atoms with Crippen molar-refractivity contribution in [2.24, 2.45) is 5.92 Å². The molecule has 1 fully saturated rings. The predicted octanol–water partition coefficient (Wildman–Crippen LogP) is 2.48. The van der Waals surface area contributed by atoms with Crippen molar-refractivity contribution in [1.29, 1.82) is 5.26 Å². The number of nitrogens with zero attached hydrogens (tertiary/aromatic N) is 2. The maximum absolute atomic E-state index is 12.4. The van der Waals surface area contributed by atoms with E-state index in [9.17, 15) is 14.4 Å². The lowest BCUT2D eigenvalue weighted by molar-refractivity contribution is -0.157.